The molecule has 4 rings (SSSR count). The molecule has 0 unspecified atom stereocenters. The third-order valence-corrected chi connectivity index (χ3v) is 5.95. The predicted octanol–water partition coefficient (Wildman–Crippen LogP) is 8.50. The Labute approximate surface area is 210 Å². The number of benzene rings is 4. The third kappa shape index (κ3) is 6.16. The molecule has 167 valence electrons. The molecule has 33 heavy (non-hydrogen) atoms. The van der Waals surface area contributed by atoms with Crippen molar-refractivity contribution in [1.29, 1.82) is 0 Å². The van der Waals surface area contributed by atoms with Gasteiger partial charge in [0.1, 0.15) is 5.75 Å². The van der Waals surface area contributed by atoms with E-state index in [9.17, 15) is 5.11 Å². The zero-order valence-electron chi connectivity index (χ0n) is 19.7. The van der Waals surface area contributed by atoms with Gasteiger partial charge < -0.3 is 5.11 Å². The van der Waals surface area contributed by atoms with Gasteiger partial charge in [0, 0.05) is 5.56 Å². The predicted molar refractivity (Wildman–Crippen MR) is 134 cm³/mol. The van der Waals surface area contributed by atoms with Gasteiger partial charge in [-0.1, -0.05) is 62.4 Å². The van der Waals surface area contributed by atoms with Gasteiger partial charge in [-0.25, -0.2) is 0 Å². The molecule has 4 aromatic rings. The van der Waals surface area contributed by atoms with E-state index in [2.05, 4.69) is 70.2 Å². The average Bonchev–Trinajstić information content (AvgIpc) is 2.85. The second kappa shape index (κ2) is 11.9. The van der Waals surface area contributed by atoms with Crippen LogP contribution in [0.4, 0.5) is 0 Å². The molecule has 0 aliphatic carbocycles. The number of hydrogen-bond acceptors (Lipinski definition) is 2. The molecule has 0 spiro atoms. The van der Waals surface area contributed by atoms with Crippen molar-refractivity contribution in [3.8, 4) is 33.8 Å². The minimum atomic E-state index is 0.337. The Kier molecular flexibility index (Phi) is 8.94. The van der Waals surface area contributed by atoms with E-state index < -0.39 is 0 Å². The third-order valence-electron chi connectivity index (χ3n) is 5.63. The Bertz CT molecular complexity index is 1150. The van der Waals surface area contributed by atoms with Gasteiger partial charge in [0.15, 0.2) is 0 Å². The van der Waals surface area contributed by atoms with E-state index in [1.165, 1.54) is 16.7 Å². The van der Waals surface area contributed by atoms with Crippen molar-refractivity contribution in [3.63, 3.8) is 0 Å². The molecule has 4 aromatic carbocycles. The van der Waals surface area contributed by atoms with Crippen LogP contribution in [0.15, 0.2) is 97.1 Å². The number of aromatic hydroxyl groups is 1. The molecule has 0 aromatic heterocycles. The molecule has 0 saturated heterocycles. The van der Waals surface area contributed by atoms with Gasteiger partial charge in [-0.3, -0.25) is 0 Å². The van der Waals surface area contributed by atoms with E-state index in [1.807, 2.05) is 54.6 Å². The van der Waals surface area contributed by atoms with Crippen LogP contribution in [0, 0.1) is 0 Å². The molecular formula is C30H31O2Ti. The summed E-state index contributed by atoms with van der Waals surface area (Å²) in [7, 11) is 0. The van der Waals surface area contributed by atoms with E-state index >= 15 is 0 Å². The summed E-state index contributed by atoms with van der Waals surface area (Å²) in [5.41, 5.74) is 6.59. The van der Waals surface area contributed by atoms with Crippen molar-refractivity contribution >= 4 is 0 Å². The number of hydrogen-bond donors (Lipinski definition) is 1. The molecule has 3 heteroatoms. The molecule has 0 radical (unpaired) electrons. The van der Waals surface area contributed by atoms with Crippen LogP contribution in [0.3, 0.4) is 0 Å². The number of rotatable bonds is 5. The van der Waals surface area contributed by atoms with Gasteiger partial charge in [0.25, 0.3) is 0 Å². The summed E-state index contributed by atoms with van der Waals surface area (Å²) in [6.07, 6.45) is 0. The van der Waals surface area contributed by atoms with Gasteiger partial charge in [-0.15, -0.1) is 0 Å². The van der Waals surface area contributed by atoms with Gasteiger partial charge in [0.05, 0.1) is 0 Å². The van der Waals surface area contributed by atoms with Crippen LogP contribution in [-0.4, -0.2) is 5.11 Å². The standard InChI is InChI=1S/2C15H16O.Ti/c2*1-11(2)13-9-6-10-14(15(13)16)12-7-4-3-5-8-12;/h2*3-11,16H,1-2H3;/q;;+1/p-1. The summed E-state index contributed by atoms with van der Waals surface area (Å²) in [5, 5.41) is 10.2. The quantitative estimate of drug-likeness (QED) is 0.296. The van der Waals surface area contributed by atoms with Crippen molar-refractivity contribution in [3.05, 3.63) is 108 Å². The van der Waals surface area contributed by atoms with Crippen molar-refractivity contribution in [2.24, 2.45) is 0 Å². The first kappa shape index (κ1) is 24.8. The molecule has 0 saturated carbocycles. The van der Waals surface area contributed by atoms with E-state index in [1.54, 1.807) is 20.8 Å². The monoisotopic (exact) mass is 471 g/mol. The SMILES string of the molecule is CC(C)c1cccc(-c2ccccc2)c1O.CC(C)c1cccc(-c2ccccc2)c1[O][Ti]. The van der Waals surface area contributed by atoms with Gasteiger partial charge >= 0.3 is 115 Å². The van der Waals surface area contributed by atoms with Crippen LogP contribution < -0.4 is 3.32 Å². The fourth-order valence-corrected chi connectivity index (χ4v) is 4.20. The molecule has 0 heterocycles. The van der Waals surface area contributed by atoms with E-state index in [-0.39, 0.29) is 0 Å². The van der Waals surface area contributed by atoms with E-state index in [4.69, 9.17) is 3.32 Å². The van der Waals surface area contributed by atoms with Crippen LogP contribution in [-0.2, 0) is 20.8 Å². The summed E-state index contributed by atoms with van der Waals surface area (Å²) in [6.45, 7) is 8.55. The fraction of sp³-hybridized carbons (Fsp3) is 0.200. The molecule has 0 amide bonds. The van der Waals surface area contributed by atoms with Crippen LogP contribution in [0.1, 0.15) is 50.7 Å². The zero-order valence-corrected chi connectivity index (χ0v) is 21.3. The molecule has 0 bridgehead atoms. The first-order valence-corrected chi connectivity index (χ1v) is 12.0. The van der Waals surface area contributed by atoms with Crippen molar-refractivity contribution in [2.45, 2.75) is 39.5 Å². The van der Waals surface area contributed by atoms with Crippen molar-refractivity contribution < 1.29 is 29.2 Å². The van der Waals surface area contributed by atoms with E-state index in [0.29, 0.717) is 17.6 Å². The first-order valence-electron chi connectivity index (χ1n) is 11.3. The number of phenolic OH excluding ortho intramolecular Hbond substituents is 1. The molecule has 1 N–H and O–H groups in total. The van der Waals surface area contributed by atoms with Gasteiger partial charge in [0.2, 0.25) is 0 Å². The topological polar surface area (TPSA) is 29.5 Å². The molecule has 0 aliphatic heterocycles. The summed E-state index contributed by atoms with van der Waals surface area (Å²) in [5.74, 6) is 2.20. The molecule has 0 aliphatic rings. The summed E-state index contributed by atoms with van der Waals surface area (Å²) in [4.78, 5) is 0. The van der Waals surface area contributed by atoms with Crippen LogP contribution >= 0.6 is 0 Å². The maximum absolute atomic E-state index is 10.2. The van der Waals surface area contributed by atoms with Crippen LogP contribution in [0.5, 0.6) is 11.5 Å². The normalized spacial score (nSPS) is 10.6. The van der Waals surface area contributed by atoms with Gasteiger partial charge in [-0.05, 0) is 17.0 Å². The first-order chi connectivity index (χ1) is 15.9. The van der Waals surface area contributed by atoms with Crippen LogP contribution in [0.2, 0.25) is 0 Å². The zero-order chi connectivity index (χ0) is 23.8. The summed E-state index contributed by atoms with van der Waals surface area (Å²) in [6, 6.07) is 32.6. The molecular weight excluding hydrogens is 440 g/mol. The van der Waals surface area contributed by atoms with Crippen molar-refractivity contribution in [2.75, 3.05) is 0 Å². The summed E-state index contributed by atoms with van der Waals surface area (Å²) >= 11 is 1.74. The summed E-state index contributed by atoms with van der Waals surface area (Å²) < 4.78 is 5.59. The Morgan fingerprint density at radius 2 is 1.03 bits per heavy atom. The molecule has 2 nitrogen and oxygen atoms in total. The second-order valence-corrected chi connectivity index (χ2v) is 8.93. The second-order valence-electron chi connectivity index (χ2n) is 8.61. The van der Waals surface area contributed by atoms with E-state index in [0.717, 1.165) is 22.4 Å². The average molecular weight is 471 g/mol. The van der Waals surface area contributed by atoms with Gasteiger partial charge in [-0.2, -0.15) is 0 Å². The number of para-hydroxylation sites is 2. The Morgan fingerprint density at radius 1 is 0.576 bits per heavy atom. The molecule has 0 fully saturated rings. The van der Waals surface area contributed by atoms with Crippen molar-refractivity contribution in [1.82, 2.24) is 0 Å². The Balaban J connectivity index is 0.000000186. The Hall–Kier alpha value is -2.81. The Morgan fingerprint density at radius 3 is 1.52 bits per heavy atom. The minimum absolute atomic E-state index is 0.337. The van der Waals surface area contributed by atoms with Crippen LogP contribution in [0.25, 0.3) is 22.3 Å². The maximum atomic E-state index is 10.2. The fourth-order valence-electron chi connectivity index (χ4n) is 3.85. The molecule has 0 atom stereocenters. The number of phenols is 1.